The number of sulfonamides is 1. The number of nitrogens with one attached hydrogen (secondary N) is 1. The fourth-order valence-corrected chi connectivity index (χ4v) is 3.63. The molecule has 1 aromatic rings. The lowest BCUT2D eigenvalue weighted by Gasteiger charge is -2.17. The largest absolute Gasteiger partial charge is 0.325 e. The number of carbonyl (C=O) groups excluding carboxylic acids is 1. The van der Waals surface area contributed by atoms with E-state index in [0.717, 1.165) is 0 Å². The monoisotopic (exact) mass is 297 g/mol. The van der Waals surface area contributed by atoms with Crippen molar-refractivity contribution in [2.45, 2.75) is 25.8 Å². The standard InChI is InChI=1S/C13H19N3O3S/c1-2-12(14)13(17)15-10-4-6-11(7-5-10)16-8-3-9-20(16,18)19/h4-7,12H,2-3,8-9,14H2,1H3,(H,15,17)/t12-/m0/s1. The molecule has 3 N–H and O–H groups in total. The van der Waals surface area contributed by atoms with E-state index in [2.05, 4.69) is 5.32 Å². The van der Waals surface area contributed by atoms with Gasteiger partial charge in [0.15, 0.2) is 0 Å². The average Bonchev–Trinajstić information content (AvgIpc) is 2.78. The summed E-state index contributed by atoms with van der Waals surface area (Å²) in [7, 11) is -3.17. The molecule has 1 saturated heterocycles. The summed E-state index contributed by atoms with van der Waals surface area (Å²) in [5, 5.41) is 2.70. The minimum atomic E-state index is -3.17. The Balaban J connectivity index is 2.09. The number of anilines is 2. The third-order valence-electron chi connectivity index (χ3n) is 3.30. The van der Waals surface area contributed by atoms with Crippen molar-refractivity contribution < 1.29 is 13.2 Å². The van der Waals surface area contributed by atoms with Crippen molar-refractivity contribution in [1.29, 1.82) is 0 Å². The van der Waals surface area contributed by atoms with Crippen LogP contribution in [-0.4, -0.2) is 32.7 Å². The molecule has 20 heavy (non-hydrogen) atoms. The van der Waals surface area contributed by atoms with E-state index >= 15 is 0 Å². The zero-order valence-electron chi connectivity index (χ0n) is 11.4. The first-order valence-corrected chi connectivity index (χ1v) is 8.22. The van der Waals surface area contributed by atoms with Gasteiger partial charge in [-0.15, -0.1) is 0 Å². The topological polar surface area (TPSA) is 92.5 Å². The number of amides is 1. The second-order valence-electron chi connectivity index (χ2n) is 4.79. The van der Waals surface area contributed by atoms with Gasteiger partial charge < -0.3 is 11.1 Å². The van der Waals surface area contributed by atoms with E-state index in [0.29, 0.717) is 30.8 Å². The Kier molecular flexibility index (Phi) is 4.29. The Labute approximate surface area is 119 Å². The number of hydrogen-bond donors (Lipinski definition) is 2. The van der Waals surface area contributed by atoms with Gasteiger partial charge in [-0.05, 0) is 37.1 Å². The number of rotatable bonds is 4. The van der Waals surface area contributed by atoms with Crippen molar-refractivity contribution in [2.75, 3.05) is 21.9 Å². The maximum Gasteiger partial charge on any atom is 0.241 e. The first-order chi connectivity index (χ1) is 9.44. The van der Waals surface area contributed by atoms with E-state index in [4.69, 9.17) is 5.73 Å². The molecule has 110 valence electrons. The summed E-state index contributed by atoms with van der Waals surface area (Å²) in [6, 6.07) is 6.22. The molecule has 1 amide bonds. The summed E-state index contributed by atoms with van der Waals surface area (Å²) in [6.45, 7) is 2.35. The molecule has 0 radical (unpaired) electrons. The van der Waals surface area contributed by atoms with Gasteiger partial charge in [0.1, 0.15) is 0 Å². The molecule has 1 aliphatic heterocycles. The van der Waals surface area contributed by atoms with Gasteiger partial charge in [-0.1, -0.05) is 6.92 Å². The second-order valence-corrected chi connectivity index (χ2v) is 6.81. The maximum atomic E-state index is 11.8. The lowest BCUT2D eigenvalue weighted by atomic mass is 10.2. The molecule has 1 aliphatic rings. The van der Waals surface area contributed by atoms with Crippen LogP contribution in [0, 0.1) is 0 Å². The van der Waals surface area contributed by atoms with E-state index in [1.807, 2.05) is 6.92 Å². The van der Waals surface area contributed by atoms with Gasteiger partial charge >= 0.3 is 0 Å². The molecule has 2 rings (SSSR count). The normalized spacial score (nSPS) is 18.8. The minimum absolute atomic E-state index is 0.191. The van der Waals surface area contributed by atoms with Crippen molar-refractivity contribution in [3.63, 3.8) is 0 Å². The predicted octanol–water partition coefficient (Wildman–Crippen LogP) is 0.902. The summed E-state index contributed by atoms with van der Waals surface area (Å²) in [5.41, 5.74) is 6.87. The molecule has 6 nitrogen and oxygen atoms in total. The molecule has 1 heterocycles. The Morgan fingerprint density at radius 3 is 2.55 bits per heavy atom. The summed E-state index contributed by atoms with van der Waals surface area (Å²) < 4.78 is 25.0. The van der Waals surface area contributed by atoms with Gasteiger partial charge in [0.05, 0.1) is 17.5 Å². The molecule has 0 aliphatic carbocycles. The SMILES string of the molecule is CC[C@H](N)C(=O)Nc1ccc(N2CCCS2(=O)=O)cc1. The zero-order chi connectivity index (χ0) is 14.8. The Morgan fingerprint density at radius 2 is 2.05 bits per heavy atom. The molecule has 1 fully saturated rings. The lowest BCUT2D eigenvalue weighted by molar-refractivity contribution is -0.117. The highest BCUT2D eigenvalue weighted by molar-refractivity contribution is 7.93. The minimum Gasteiger partial charge on any atom is -0.325 e. The Morgan fingerprint density at radius 1 is 1.40 bits per heavy atom. The van der Waals surface area contributed by atoms with Gasteiger partial charge in [0.2, 0.25) is 15.9 Å². The van der Waals surface area contributed by atoms with E-state index in [-0.39, 0.29) is 11.7 Å². The maximum absolute atomic E-state index is 11.8. The molecular weight excluding hydrogens is 278 g/mol. The molecular formula is C13H19N3O3S. The Bertz CT molecular complexity index is 583. The van der Waals surface area contributed by atoms with Crippen LogP contribution < -0.4 is 15.4 Å². The highest BCUT2D eigenvalue weighted by Crippen LogP contribution is 2.25. The third kappa shape index (κ3) is 3.10. The van der Waals surface area contributed by atoms with Crippen LogP contribution in [0.2, 0.25) is 0 Å². The number of hydrogen-bond acceptors (Lipinski definition) is 4. The quantitative estimate of drug-likeness (QED) is 0.863. The molecule has 0 spiro atoms. The molecule has 0 unspecified atom stereocenters. The fraction of sp³-hybridized carbons (Fsp3) is 0.462. The summed E-state index contributed by atoms with van der Waals surface area (Å²) in [5.74, 6) is -0.0503. The van der Waals surface area contributed by atoms with Gasteiger partial charge in [-0.25, -0.2) is 8.42 Å². The average molecular weight is 297 g/mol. The molecule has 0 saturated carbocycles. The molecule has 1 aromatic carbocycles. The molecule has 7 heteroatoms. The molecule has 0 aromatic heterocycles. The van der Waals surface area contributed by atoms with E-state index in [9.17, 15) is 13.2 Å². The number of nitrogens with two attached hydrogens (primary N) is 1. The van der Waals surface area contributed by atoms with Crippen molar-refractivity contribution >= 4 is 27.3 Å². The number of benzene rings is 1. The van der Waals surface area contributed by atoms with Crippen LogP contribution in [0.5, 0.6) is 0 Å². The van der Waals surface area contributed by atoms with Crippen LogP contribution >= 0.6 is 0 Å². The van der Waals surface area contributed by atoms with Gasteiger partial charge in [-0.2, -0.15) is 0 Å². The van der Waals surface area contributed by atoms with E-state index < -0.39 is 16.1 Å². The van der Waals surface area contributed by atoms with Crippen molar-refractivity contribution in [3.8, 4) is 0 Å². The summed E-state index contributed by atoms with van der Waals surface area (Å²) in [4.78, 5) is 11.6. The highest BCUT2D eigenvalue weighted by Gasteiger charge is 2.28. The first kappa shape index (κ1) is 14.8. The highest BCUT2D eigenvalue weighted by atomic mass is 32.2. The zero-order valence-corrected chi connectivity index (χ0v) is 12.2. The smallest absolute Gasteiger partial charge is 0.241 e. The van der Waals surface area contributed by atoms with Crippen molar-refractivity contribution in [1.82, 2.24) is 0 Å². The Hall–Kier alpha value is -1.60. The lowest BCUT2D eigenvalue weighted by Crippen LogP contribution is -2.34. The van der Waals surface area contributed by atoms with Crippen LogP contribution in [0.4, 0.5) is 11.4 Å². The molecule has 1 atom stereocenters. The molecule has 0 bridgehead atoms. The number of carbonyl (C=O) groups is 1. The van der Waals surface area contributed by atoms with Crippen molar-refractivity contribution in [3.05, 3.63) is 24.3 Å². The van der Waals surface area contributed by atoms with Gasteiger partial charge in [0, 0.05) is 12.2 Å². The summed E-state index contributed by atoms with van der Waals surface area (Å²) >= 11 is 0. The first-order valence-electron chi connectivity index (χ1n) is 6.61. The number of nitrogens with zero attached hydrogens (tertiary/aromatic N) is 1. The van der Waals surface area contributed by atoms with Gasteiger partial charge in [0.25, 0.3) is 0 Å². The van der Waals surface area contributed by atoms with E-state index in [1.54, 1.807) is 24.3 Å². The van der Waals surface area contributed by atoms with Gasteiger partial charge in [-0.3, -0.25) is 9.10 Å². The van der Waals surface area contributed by atoms with Crippen LogP contribution in [-0.2, 0) is 14.8 Å². The van der Waals surface area contributed by atoms with Crippen LogP contribution in [0.3, 0.4) is 0 Å². The predicted molar refractivity (Wildman–Crippen MR) is 79.1 cm³/mol. The van der Waals surface area contributed by atoms with E-state index in [1.165, 1.54) is 4.31 Å². The second kappa shape index (κ2) is 5.80. The fourth-order valence-electron chi connectivity index (χ4n) is 2.06. The third-order valence-corrected chi connectivity index (χ3v) is 5.17. The summed E-state index contributed by atoms with van der Waals surface area (Å²) in [6.07, 6.45) is 1.21. The van der Waals surface area contributed by atoms with Crippen molar-refractivity contribution in [2.24, 2.45) is 5.73 Å². The van der Waals surface area contributed by atoms with Crippen LogP contribution in [0.15, 0.2) is 24.3 Å². The van der Waals surface area contributed by atoms with Crippen LogP contribution in [0.25, 0.3) is 0 Å². The van der Waals surface area contributed by atoms with Crippen LogP contribution in [0.1, 0.15) is 19.8 Å².